The summed E-state index contributed by atoms with van der Waals surface area (Å²) in [6.45, 7) is 3.80. The van der Waals surface area contributed by atoms with Crippen molar-refractivity contribution in [2.24, 2.45) is 5.73 Å². The highest BCUT2D eigenvalue weighted by atomic mass is 32.2. The standard InChI is InChI=1S/C14H24N2O5S2/c1-5-14(6-2,10-15)16-23(19,20)13-9-11(22(4,17)18)7-8-12(13)21-3/h7-9,16H,5-6,10,15H2,1-4H3. The highest BCUT2D eigenvalue weighted by Gasteiger charge is 2.33. The highest BCUT2D eigenvalue weighted by Crippen LogP contribution is 2.28. The highest BCUT2D eigenvalue weighted by molar-refractivity contribution is 7.91. The molecule has 3 N–H and O–H groups in total. The normalized spacial score (nSPS) is 13.1. The second-order valence-corrected chi connectivity index (χ2v) is 9.05. The van der Waals surface area contributed by atoms with Crippen molar-refractivity contribution < 1.29 is 21.6 Å². The maximum absolute atomic E-state index is 12.7. The third-order valence-corrected chi connectivity index (χ3v) is 6.66. The lowest BCUT2D eigenvalue weighted by Gasteiger charge is -2.31. The summed E-state index contributed by atoms with van der Waals surface area (Å²) in [6, 6.07) is 3.74. The molecule has 0 spiro atoms. The number of ether oxygens (including phenoxy) is 1. The predicted molar refractivity (Wildman–Crippen MR) is 88.8 cm³/mol. The summed E-state index contributed by atoms with van der Waals surface area (Å²) in [4.78, 5) is -0.312. The minimum Gasteiger partial charge on any atom is -0.495 e. The minimum atomic E-state index is -4.00. The van der Waals surface area contributed by atoms with E-state index in [0.717, 1.165) is 12.3 Å². The summed E-state index contributed by atoms with van der Waals surface area (Å²) >= 11 is 0. The van der Waals surface area contributed by atoms with Crippen molar-refractivity contribution in [1.29, 1.82) is 0 Å². The molecule has 0 saturated carbocycles. The summed E-state index contributed by atoms with van der Waals surface area (Å²) in [5.74, 6) is 0.0722. The summed E-state index contributed by atoms with van der Waals surface area (Å²) in [6.07, 6.45) is 2.03. The average Bonchev–Trinajstić information content (AvgIpc) is 2.51. The molecule has 0 aromatic heterocycles. The Bertz CT molecular complexity index is 745. The van der Waals surface area contributed by atoms with Crippen LogP contribution in [-0.4, -0.2) is 42.3 Å². The van der Waals surface area contributed by atoms with Crippen molar-refractivity contribution in [3.63, 3.8) is 0 Å². The molecule has 23 heavy (non-hydrogen) atoms. The molecule has 132 valence electrons. The number of sulfone groups is 1. The monoisotopic (exact) mass is 364 g/mol. The molecule has 0 atom stereocenters. The molecule has 0 saturated heterocycles. The Kier molecular flexibility index (Phi) is 6.19. The number of benzene rings is 1. The van der Waals surface area contributed by atoms with E-state index >= 15 is 0 Å². The molecule has 0 fully saturated rings. The van der Waals surface area contributed by atoms with Crippen LogP contribution in [0.1, 0.15) is 26.7 Å². The molecule has 0 heterocycles. The third-order valence-electron chi connectivity index (χ3n) is 3.95. The zero-order valence-corrected chi connectivity index (χ0v) is 15.4. The molecule has 7 nitrogen and oxygen atoms in total. The van der Waals surface area contributed by atoms with E-state index in [1.807, 2.05) is 13.8 Å². The third kappa shape index (κ3) is 4.43. The van der Waals surface area contributed by atoms with E-state index in [-0.39, 0.29) is 22.1 Å². The first-order valence-electron chi connectivity index (χ1n) is 7.17. The van der Waals surface area contributed by atoms with Gasteiger partial charge in [-0.15, -0.1) is 0 Å². The van der Waals surface area contributed by atoms with Crippen molar-refractivity contribution in [1.82, 2.24) is 4.72 Å². The van der Waals surface area contributed by atoms with Crippen LogP contribution in [0.3, 0.4) is 0 Å². The Hall–Kier alpha value is -1.16. The van der Waals surface area contributed by atoms with Crippen molar-refractivity contribution >= 4 is 19.9 Å². The molecule has 0 bridgehead atoms. The van der Waals surface area contributed by atoms with Gasteiger partial charge in [-0.25, -0.2) is 21.6 Å². The van der Waals surface area contributed by atoms with Crippen molar-refractivity contribution in [2.45, 2.75) is 42.0 Å². The first kappa shape index (κ1) is 19.9. The quantitative estimate of drug-likeness (QED) is 0.708. The van der Waals surface area contributed by atoms with Crippen LogP contribution >= 0.6 is 0 Å². The fourth-order valence-corrected chi connectivity index (χ4v) is 4.63. The van der Waals surface area contributed by atoms with Gasteiger partial charge in [-0.05, 0) is 31.0 Å². The van der Waals surface area contributed by atoms with Gasteiger partial charge in [0, 0.05) is 18.3 Å². The zero-order chi connectivity index (χ0) is 17.9. The SMILES string of the molecule is CCC(CC)(CN)NS(=O)(=O)c1cc(S(C)(=O)=O)ccc1OC. The molecule has 9 heteroatoms. The van der Waals surface area contributed by atoms with E-state index < -0.39 is 25.4 Å². The van der Waals surface area contributed by atoms with Gasteiger partial charge in [0.25, 0.3) is 0 Å². The lowest BCUT2D eigenvalue weighted by Crippen LogP contribution is -2.52. The van der Waals surface area contributed by atoms with E-state index in [1.165, 1.54) is 19.2 Å². The maximum Gasteiger partial charge on any atom is 0.244 e. The predicted octanol–water partition coefficient (Wildman–Crippen LogP) is 0.895. The van der Waals surface area contributed by atoms with E-state index in [4.69, 9.17) is 10.5 Å². The Morgan fingerprint density at radius 2 is 1.74 bits per heavy atom. The lowest BCUT2D eigenvalue weighted by molar-refractivity contribution is 0.360. The van der Waals surface area contributed by atoms with Gasteiger partial charge in [0.1, 0.15) is 10.6 Å². The van der Waals surface area contributed by atoms with Gasteiger partial charge in [-0.3, -0.25) is 0 Å². The Morgan fingerprint density at radius 3 is 2.13 bits per heavy atom. The zero-order valence-electron chi connectivity index (χ0n) is 13.8. The van der Waals surface area contributed by atoms with Crippen LogP contribution in [0.5, 0.6) is 5.75 Å². The molecule has 0 aliphatic rings. The van der Waals surface area contributed by atoms with Gasteiger partial charge >= 0.3 is 0 Å². The average molecular weight is 364 g/mol. The van der Waals surface area contributed by atoms with Crippen LogP contribution in [-0.2, 0) is 19.9 Å². The number of nitrogens with two attached hydrogens (primary N) is 1. The summed E-state index contributed by atoms with van der Waals surface area (Å²) in [5.41, 5.74) is 4.94. The number of methoxy groups -OCH3 is 1. The van der Waals surface area contributed by atoms with Gasteiger partial charge in [-0.2, -0.15) is 0 Å². The van der Waals surface area contributed by atoms with Crippen LogP contribution in [0.2, 0.25) is 0 Å². The molecule has 0 radical (unpaired) electrons. The topological polar surface area (TPSA) is 116 Å². The molecule has 1 aromatic carbocycles. The summed E-state index contributed by atoms with van der Waals surface area (Å²) in [7, 11) is -6.22. The fourth-order valence-electron chi connectivity index (χ4n) is 2.16. The Labute approximate surface area is 138 Å². The van der Waals surface area contributed by atoms with Crippen LogP contribution in [0.4, 0.5) is 0 Å². The number of hydrogen-bond acceptors (Lipinski definition) is 6. The number of sulfonamides is 1. The molecule has 0 amide bonds. The van der Waals surface area contributed by atoms with E-state index in [9.17, 15) is 16.8 Å². The van der Waals surface area contributed by atoms with Crippen LogP contribution < -0.4 is 15.2 Å². The molecule has 0 aliphatic carbocycles. The fraction of sp³-hybridized carbons (Fsp3) is 0.571. The van der Waals surface area contributed by atoms with Crippen molar-refractivity contribution in [3.05, 3.63) is 18.2 Å². The van der Waals surface area contributed by atoms with Crippen molar-refractivity contribution in [2.75, 3.05) is 19.9 Å². The van der Waals surface area contributed by atoms with Gasteiger partial charge < -0.3 is 10.5 Å². The Balaban J connectivity index is 3.48. The van der Waals surface area contributed by atoms with Crippen molar-refractivity contribution in [3.8, 4) is 5.75 Å². The number of rotatable bonds is 8. The molecular weight excluding hydrogens is 340 g/mol. The summed E-state index contributed by atoms with van der Waals surface area (Å²) in [5, 5.41) is 0. The lowest BCUT2D eigenvalue weighted by atomic mass is 9.95. The molecule has 1 aromatic rings. The van der Waals surface area contributed by atoms with Crippen LogP contribution in [0, 0.1) is 0 Å². The van der Waals surface area contributed by atoms with Crippen LogP contribution in [0.15, 0.2) is 28.0 Å². The number of hydrogen-bond donors (Lipinski definition) is 2. The molecule has 1 rings (SSSR count). The first-order valence-corrected chi connectivity index (χ1v) is 10.5. The second-order valence-electron chi connectivity index (χ2n) is 5.38. The van der Waals surface area contributed by atoms with Gasteiger partial charge in [0.2, 0.25) is 10.0 Å². The smallest absolute Gasteiger partial charge is 0.244 e. The van der Waals surface area contributed by atoms with Gasteiger partial charge in [0.05, 0.1) is 12.0 Å². The minimum absolute atomic E-state index is 0.0722. The summed E-state index contributed by atoms with van der Waals surface area (Å²) < 4.78 is 56.5. The molecule has 0 unspecified atom stereocenters. The van der Waals surface area contributed by atoms with Gasteiger partial charge in [0.15, 0.2) is 9.84 Å². The number of nitrogens with one attached hydrogen (secondary N) is 1. The van der Waals surface area contributed by atoms with E-state index in [0.29, 0.717) is 12.8 Å². The molecular formula is C14H24N2O5S2. The van der Waals surface area contributed by atoms with Gasteiger partial charge in [-0.1, -0.05) is 13.8 Å². The van der Waals surface area contributed by atoms with E-state index in [2.05, 4.69) is 4.72 Å². The molecule has 0 aliphatic heterocycles. The second kappa shape index (κ2) is 7.16. The largest absolute Gasteiger partial charge is 0.495 e. The Morgan fingerprint density at radius 1 is 1.17 bits per heavy atom. The van der Waals surface area contributed by atoms with Crippen LogP contribution in [0.25, 0.3) is 0 Å². The first-order chi connectivity index (χ1) is 10.5. The van der Waals surface area contributed by atoms with E-state index in [1.54, 1.807) is 0 Å². The maximum atomic E-state index is 12.7.